The highest BCUT2D eigenvalue weighted by atomic mass is 32.1. The van der Waals surface area contributed by atoms with Crippen LogP contribution in [0.2, 0.25) is 0 Å². The number of thiazole rings is 1. The molecule has 1 aromatic heterocycles. The van der Waals surface area contributed by atoms with Crippen LogP contribution >= 0.6 is 11.3 Å². The van der Waals surface area contributed by atoms with Crippen molar-refractivity contribution in [3.05, 3.63) is 15.6 Å². The average Bonchev–Trinajstić information content (AvgIpc) is 2.84. The number of aryl methyl sites for hydroxylation is 2. The number of nitrogens with zero attached hydrogens (tertiary/aromatic N) is 3. The topological polar surface area (TPSA) is 61.8 Å². The molecular weight excluding hydrogens is 310 g/mol. The van der Waals surface area contributed by atoms with Crippen LogP contribution in [0.1, 0.15) is 22.0 Å². The van der Waals surface area contributed by atoms with Gasteiger partial charge in [-0.15, -0.1) is 11.3 Å². The monoisotopic (exact) mass is 341 g/mol. The summed E-state index contributed by atoms with van der Waals surface area (Å²) in [6.07, 6.45) is 2.04. The number of aromatic nitrogens is 1. The maximum absolute atomic E-state index is 5.07. The van der Waals surface area contributed by atoms with E-state index >= 15 is 0 Å². The van der Waals surface area contributed by atoms with Gasteiger partial charge in [-0.3, -0.25) is 4.99 Å². The van der Waals surface area contributed by atoms with E-state index in [2.05, 4.69) is 46.4 Å². The molecule has 0 saturated heterocycles. The lowest BCUT2D eigenvalue weighted by atomic mass is 10.3. The molecule has 0 unspecified atom stereocenters. The van der Waals surface area contributed by atoms with Gasteiger partial charge in [-0.1, -0.05) is 0 Å². The minimum Gasteiger partial charge on any atom is -0.385 e. The van der Waals surface area contributed by atoms with Crippen molar-refractivity contribution < 1.29 is 4.74 Å². The summed E-state index contributed by atoms with van der Waals surface area (Å²) in [7, 11) is 5.68. The van der Waals surface area contributed by atoms with Crippen molar-refractivity contribution in [2.45, 2.75) is 26.7 Å². The largest absolute Gasteiger partial charge is 0.385 e. The quantitative estimate of drug-likeness (QED) is 0.383. The highest BCUT2D eigenvalue weighted by molar-refractivity contribution is 7.11. The molecule has 0 radical (unpaired) electrons. The first-order chi connectivity index (χ1) is 11.1. The third-order valence-corrected chi connectivity index (χ3v) is 4.67. The van der Waals surface area contributed by atoms with Crippen LogP contribution in [0.15, 0.2) is 4.99 Å². The number of methoxy groups -OCH3 is 1. The molecule has 0 fully saturated rings. The SMILES string of the molecule is CN=C(NCCc1sc(C)nc1C)NCCN(C)CCCOC. The zero-order valence-corrected chi connectivity index (χ0v) is 15.9. The maximum Gasteiger partial charge on any atom is 0.191 e. The number of hydrogen-bond acceptors (Lipinski definition) is 5. The van der Waals surface area contributed by atoms with E-state index in [4.69, 9.17) is 4.74 Å². The second kappa shape index (κ2) is 11.4. The van der Waals surface area contributed by atoms with Crippen molar-refractivity contribution in [3.63, 3.8) is 0 Å². The molecule has 0 amide bonds. The van der Waals surface area contributed by atoms with Gasteiger partial charge in [0.25, 0.3) is 0 Å². The average molecular weight is 342 g/mol. The van der Waals surface area contributed by atoms with Gasteiger partial charge >= 0.3 is 0 Å². The predicted molar refractivity (Wildman–Crippen MR) is 98.6 cm³/mol. The van der Waals surface area contributed by atoms with Gasteiger partial charge in [0.1, 0.15) is 0 Å². The van der Waals surface area contributed by atoms with Crippen molar-refractivity contribution in [2.75, 3.05) is 54.0 Å². The van der Waals surface area contributed by atoms with Crippen LogP contribution in [0.5, 0.6) is 0 Å². The molecule has 23 heavy (non-hydrogen) atoms. The van der Waals surface area contributed by atoms with Gasteiger partial charge in [-0.25, -0.2) is 4.98 Å². The summed E-state index contributed by atoms with van der Waals surface area (Å²) < 4.78 is 5.07. The summed E-state index contributed by atoms with van der Waals surface area (Å²) in [5.41, 5.74) is 1.15. The first-order valence-corrected chi connectivity index (χ1v) is 8.93. The third kappa shape index (κ3) is 8.29. The molecule has 0 atom stereocenters. The molecule has 0 spiro atoms. The number of nitrogens with one attached hydrogen (secondary N) is 2. The molecule has 1 rings (SSSR count). The second-order valence-corrected chi connectivity index (χ2v) is 6.85. The molecule has 0 aliphatic heterocycles. The molecular formula is C16H31N5OS. The van der Waals surface area contributed by atoms with Gasteiger partial charge in [0.15, 0.2) is 5.96 Å². The van der Waals surface area contributed by atoms with E-state index in [1.807, 2.05) is 0 Å². The molecule has 132 valence electrons. The Morgan fingerprint density at radius 2 is 2.00 bits per heavy atom. The lowest BCUT2D eigenvalue weighted by molar-refractivity contribution is 0.180. The van der Waals surface area contributed by atoms with Crippen molar-refractivity contribution in [2.24, 2.45) is 4.99 Å². The van der Waals surface area contributed by atoms with Crippen LogP contribution in [-0.2, 0) is 11.2 Å². The Kier molecular flexibility index (Phi) is 9.82. The molecule has 2 N–H and O–H groups in total. The number of guanidine groups is 1. The van der Waals surface area contributed by atoms with E-state index < -0.39 is 0 Å². The van der Waals surface area contributed by atoms with Crippen LogP contribution in [0.4, 0.5) is 0 Å². The van der Waals surface area contributed by atoms with Gasteiger partial charge in [-0.2, -0.15) is 0 Å². The van der Waals surface area contributed by atoms with E-state index in [0.717, 1.165) is 62.3 Å². The Balaban J connectivity index is 2.18. The third-order valence-electron chi connectivity index (χ3n) is 3.54. The number of hydrogen-bond donors (Lipinski definition) is 2. The maximum atomic E-state index is 5.07. The van der Waals surface area contributed by atoms with Gasteiger partial charge in [0, 0.05) is 58.2 Å². The summed E-state index contributed by atoms with van der Waals surface area (Å²) in [6.45, 7) is 8.72. The molecule has 7 heteroatoms. The normalized spacial score (nSPS) is 12.0. The fraction of sp³-hybridized carbons (Fsp3) is 0.750. The first-order valence-electron chi connectivity index (χ1n) is 8.11. The van der Waals surface area contributed by atoms with Crippen molar-refractivity contribution in [1.29, 1.82) is 0 Å². The molecule has 0 aliphatic rings. The van der Waals surface area contributed by atoms with Crippen LogP contribution in [0.25, 0.3) is 0 Å². The highest BCUT2D eigenvalue weighted by Gasteiger charge is 2.05. The first kappa shape index (κ1) is 19.9. The molecule has 0 bridgehead atoms. The lowest BCUT2D eigenvalue weighted by Gasteiger charge is -2.18. The molecule has 1 heterocycles. The van der Waals surface area contributed by atoms with E-state index in [9.17, 15) is 0 Å². The fourth-order valence-electron chi connectivity index (χ4n) is 2.28. The molecule has 1 aromatic rings. The fourth-order valence-corrected chi connectivity index (χ4v) is 3.21. The zero-order chi connectivity index (χ0) is 17.1. The molecule has 0 aromatic carbocycles. The molecule has 0 saturated carbocycles. The summed E-state index contributed by atoms with van der Waals surface area (Å²) >= 11 is 1.78. The van der Waals surface area contributed by atoms with E-state index in [-0.39, 0.29) is 0 Å². The van der Waals surface area contributed by atoms with Crippen LogP contribution in [0.3, 0.4) is 0 Å². The Morgan fingerprint density at radius 1 is 1.26 bits per heavy atom. The van der Waals surface area contributed by atoms with E-state index in [1.165, 1.54) is 4.88 Å². The number of rotatable bonds is 10. The van der Waals surface area contributed by atoms with Gasteiger partial charge < -0.3 is 20.3 Å². The van der Waals surface area contributed by atoms with Crippen LogP contribution < -0.4 is 10.6 Å². The minimum absolute atomic E-state index is 0.817. The smallest absolute Gasteiger partial charge is 0.191 e. The molecule has 6 nitrogen and oxygen atoms in total. The Hall–Kier alpha value is -1.18. The Bertz CT molecular complexity index is 475. The number of likely N-dealkylation sites (N-methyl/N-ethyl adjacent to an activating group) is 1. The zero-order valence-electron chi connectivity index (χ0n) is 15.1. The predicted octanol–water partition coefficient (Wildman–Crippen LogP) is 1.44. The van der Waals surface area contributed by atoms with Crippen LogP contribution in [0, 0.1) is 13.8 Å². The van der Waals surface area contributed by atoms with Crippen molar-refractivity contribution in [1.82, 2.24) is 20.5 Å². The number of aliphatic imine (C=N–C) groups is 1. The Morgan fingerprint density at radius 3 is 2.61 bits per heavy atom. The standard InChI is InChI=1S/C16H31N5OS/c1-13-15(23-14(2)20-13)7-8-18-16(17-3)19-9-11-21(4)10-6-12-22-5/h6-12H2,1-5H3,(H2,17,18,19). The Labute approximate surface area is 144 Å². The van der Waals surface area contributed by atoms with Crippen LogP contribution in [-0.4, -0.2) is 69.8 Å². The summed E-state index contributed by atoms with van der Waals surface area (Å²) in [4.78, 5) is 12.4. The van der Waals surface area contributed by atoms with Gasteiger partial charge in [0.05, 0.1) is 10.7 Å². The van der Waals surface area contributed by atoms with E-state index in [1.54, 1.807) is 25.5 Å². The second-order valence-electron chi connectivity index (χ2n) is 5.57. The molecule has 0 aliphatic carbocycles. The summed E-state index contributed by atoms with van der Waals surface area (Å²) in [6, 6.07) is 0. The summed E-state index contributed by atoms with van der Waals surface area (Å²) in [5, 5.41) is 7.85. The van der Waals surface area contributed by atoms with E-state index in [0.29, 0.717) is 0 Å². The van der Waals surface area contributed by atoms with Crippen molar-refractivity contribution in [3.8, 4) is 0 Å². The van der Waals surface area contributed by atoms with Gasteiger partial charge in [-0.05, 0) is 27.3 Å². The van der Waals surface area contributed by atoms with Crippen molar-refractivity contribution >= 4 is 17.3 Å². The lowest BCUT2D eigenvalue weighted by Crippen LogP contribution is -2.41. The van der Waals surface area contributed by atoms with Gasteiger partial charge in [0.2, 0.25) is 0 Å². The number of ether oxygens (including phenoxy) is 1. The summed E-state index contributed by atoms with van der Waals surface area (Å²) in [5.74, 6) is 0.856. The highest BCUT2D eigenvalue weighted by Crippen LogP contribution is 2.16. The minimum atomic E-state index is 0.817.